The summed E-state index contributed by atoms with van der Waals surface area (Å²) in [5.41, 5.74) is 1.27. The fourth-order valence-electron chi connectivity index (χ4n) is 2.66. The molecule has 158 valence electrons. The van der Waals surface area contributed by atoms with E-state index in [2.05, 4.69) is 15.5 Å². The number of sulfonamides is 1. The third kappa shape index (κ3) is 4.81. The number of benzene rings is 2. The predicted octanol–water partition coefficient (Wildman–Crippen LogP) is 2.26. The van der Waals surface area contributed by atoms with Crippen LogP contribution in [-0.4, -0.2) is 41.4 Å². The lowest BCUT2D eigenvalue weighted by molar-refractivity contribution is -0.115. The predicted molar refractivity (Wildman–Crippen MR) is 115 cm³/mol. The van der Waals surface area contributed by atoms with Crippen LogP contribution in [0, 0.1) is 0 Å². The zero-order chi connectivity index (χ0) is 21.9. The summed E-state index contributed by atoms with van der Waals surface area (Å²) in [4.78, 5) is 12.5. The molecular formula is C19H21N5O4S2. The highest BCUT2D eigenvalue weighted by atomic mass is 32.2. The van der Waals surface area contributed by atoms with Gasteiger partial charge in [-0.05, 0) is 43.3 Å². The smallest absolute Gasteiger partial charge is 0.238 e. The number of nitrogens with two attached hydrogens (primary N) is 1. The highest BCUT2D eigenvalue weighted by Gasteiger charge is 2.21. The van der Waals surface area contributed by atoms with Crippen LogP contribution >= 0.6 is 11.8 Å². The Morgan fingerprint density at radius 2 is 1.83 bits per heavy atom. The summed E-state index contributed by atoms with van der Waals surface area (Å²) >= 11 is 1.25. The van der Waals surface area contributed by atoms with Crippen LogP contribution in [-0.2, 0) is 21.9 Å². The van der Waals surface area contributed by atoms with Crippen molar-refractivity contribution in [1.82, 2.24) is 14.8 Å². The number of ether oxygens (including phenoxy) is 1. The second-order valence-corrected chi connectivity index (χ2v) is 9.25. The first-order valence-corrected chi connectivity index (χ1v) is 11.3. The first-order chi connectivity index (χ1) is 14.2. The Kier molecular flexibility index (Phi) is 6.44. The number of carbonyl (C=O) groups excluding carboxylic acids is 1. The maximum atomic E-state index is 12.5. The molecule has 0 spiro atoms. The van der Waals surface area contributed by atoms with Gasteiger partial charge >= 0.3 is 0 Å². The van der Waals surface area contributed by atoms with Crippen molar-refractivity contribution in [3.63, 3.8) is 0 Å². The molecule has 0 aliphatic heterocycles. The van der Waals surface area contributed by atoms with Crippen LogP contribution < -0.4 is 15.2 Å². The van der Waals surface area contributed by atoms with E-state index in [-0.39, 0.29) is 10.8 Å². The number of nitrogens with zero attached hydrogens (tertiary/aromatic N) is 3. The minimum Gasteiger partial charge on any atom is -0.496 e. The van der Waals surface area contributed by atoms with Crippen molar-refractivity contribution in [2.75, 3.05) is 12.4 Å². The monoisotopic (exact) mass is 447 g/mol. The number of carbonyl (C=O) groups is 1. The summed E-state index contributed by atoms with van der Waals surface area (Å²) in [7, 11) is -0.369. The average molecular weight is 448 g/mol. The van der Waals surface area contributed by atoms with Crippen LogP contribution in [0.1, 0.15) is 6.92 Å². The van der Waals surface area contributed by atoms with Gasteiger partial charge in [-0.2, -0.15) is 0 Å². The Hall–Kier alpha value is -2.89. The van der Waals surface area contributed by atoms with E-state index in [0.717, 1.165) is 5.56 Å². The normalized spacial score (nSPS) is 12.4. The number of amides is 1. The van der Waals surface area contributed by atoms with Crippen LogP contribution in [0.4, 0.5) is 5.69 Å². The van der Waals surface area contributed by atoms with E-state index < -0.39 is 15.3 Å². The molecule has 0 radical (unpaired) electrons. The van der Waals surface area contributed by atoms with E-state index in [4.69, 9.17) is 9.88 Å². The van der Waals surface area contributed by atoms with Crippen molar-refractivity contribution in [2.45, 2.75) is 22.2 Å². The van der Waals surface area contributed by atoms with Gasteiger partial charge in [0.25, 0.3) is 0 Å². The van der Waals surface area contributed by atoms with E-state index >= 15 is 0 Å². The van der Waals surface area contributed by atoms with Gasteiger partial charge in [0.2, 0.25) is 15.9 Å². The lowest BCUT2D eigenvalue weighted by Gasteiger charge is -2.12. The number of anilines is 1. The largest absolute Gasteiger partial charge is 0.496 e. The molecule has 0 aliphatic carbocycles. The second-order valence-electron chi connectivity index (χ2n) is 6.38. The van der Waals surface area contributed by atoms with Crippen molar-refractivity contribution in [3.05, 3.63) is 48.5 Å². The summed E-state index contributed by atoms with van der Waals surface area (Å²) in [5, 5.41) is 16.3. The standard InChI is InChI=1S/C19H21N5O4S2/c1-12(18(25)21-13-8-10-14(11-9-13)30(20,26)27)29-19-23-22-17(24(19)2)15-6-4-5-7-16(15)28-3/h4-12H,1-3H3,(H,21,25)(H2,20,26,27). The lowest BCUT2D eigenvalue weighted by atomic mass is 10.2. The van der Waals surface area contributed by atoms with E-state index in [1.54, 1.807) is 18.6 Å². The molecule has 1 atom stereocenters. The van der Waals surface area contributed by atoms with Gasteiger partial charge in [0, 0.05) is 12.7 Å². The average Bonchev–Trinajstić information content (AvgIpc) is 3.07. The number of hydrogen-bond donors (Lipinski definition) is 2. The molecule has 1 aromatic heterocycles. The molecule has 2 aromatic carbocycles. The van der Waals surface area contributed by atoms with Gasteiger partial charge in [0.05, 0.1) is 22.8 Å². The van der Waals surface area contributed by atoms with Crippen LogP contribution in [0.15, 0.2) is 58.6 Å². The molecule has 0 bridgehead atoms. The summed E-state index contributed by atoms with van der Waals surface area (Å²) < 4.78 is 29.8. The van der Waals surface area contributed by atoms with Crippen LogP contribution in [0.2, 0.25) is 0 Å². The number of aromatic nitrogens is 3. The fourth-order valence-corrected chi connectivity index (χ4v) is 4.00. The molecule has 3 N–H and O–H groups in total. The molecule has 0 fully saturated rings. The number of thioether (sulfide) groups is 1. The highest BCUT2D eigenvalue weighted by molar-refractivity contribution is 8.00. The van der Waals surface area contributed by atoms with E-state index in [0.29, 0.717) is 22.4 Å². The molecule has 3 rings (SSSR count). The van der Waals surface area contributed by atoms with Gasteiger partial charge in [-0.15, -0.1) is 10.2 Å². The van der Waals surface area contributed by atoms with Gasteiger partial charge in [-0.3, -0.25) is 4.79 Å². The Morgan fingerprint density at radius 1 is 1.17 bits per heavy atom. The summed E-state index contributed by atoms with van der Waals surface area (Å²) in [6.45, 7) is 1.75. The number of para-hydroxylation sites is 1. The minimum atomic E-state index is -3.78. The molecule has 1 amide bonds. The molecule has 30 heavy (non-hydrogen) atoms. The molecule has 3 aromatic rings. The molecule has 0 saturated heterocycles. The summed E-state index contributed by atoms with van der Waals surface area (Å²) in [6.07, 6.45) is 0. The molecule has 11 heteroatoms. The summed E-state index contributed by atoms with van der Waals surface area (Å²) in [6, 6.07) is 13.1. The molecule has 1 unspecified atom stereocenters. The Morgan fingerprint density at radius 3 is 2.47 bits per heavy atom. The molecule has 0 saturated carbocycles. The number of hydrogen-bond acceptors (Lipinski definition) is 7. The minimum absolute atomic E-state index is 0.0223. The van der Waals surface area contributed by atoms with E-state index in [9.17, 15) is 13.2 Å². The maximum absolute atomic E-state index is 12.5. The van der Waals surface area contributed by atoms with Crippen LogP contribution in [0.3, 0.4) is 0 Å². The van der Waals surface area contributed by atoms with Gasteiger partial charge < -0.3 is 14.6 Å². The lowest BCUT2D eigenvalue weighted by Crippen LogP contribution is -2.23. The van der Waals surface area contributed by atoms with Crippen molar-refractivity contribution >= 4 is 33.4 Å². The van der Waals surface area contributed by atoms with E-state index in [1.807, 2.05) is 31.3 Å². The molecular weight excluding hydrogens is 426 g/mol. The Labute approximate surface area is 178 Å². The topological polar surface area (TPSA) is 129 Å². The van der Waals surface area contributed by atoms with Gasteiger partial charge in [-0.25, -0.2) is 13.6 Å². The van der Waals surface area contributed by atoms with E-state index in [1.165, 1.54) is 36.0 Å². The Balaban J connectivity index is 1.71. The van der Waals surface area contributed by atoms with Crippen molar-refractivity contribution < 1.29 is 17.9 Å². The molecule has 1 heterocycles. The first kappa shape index (κ1) is 21.8. The van der Waals surface area contributed by atoms with Crippen LogP contribution in [0.25, 0.3) is 11.4 Å². The highest BCUT2D eigenvalue weighted by Crippen LogP contribution is 2.31. The van der Waals surface area contributed by atoms with Crippen molar-refractivity contribution in [3.8, 4) is 17.1 Å². The number of primary sulfonamides is 1. The Bertz CT molecular complexity index is 1160. The zero-order valence-corrected chi connectivity index (χ0v) is 18.2. The van der Waals surface area contributed by atoms with Crippen molar-refractivity contribution in [2.24, 2.45) is 12.2 Å². The second kappa shape index (κ2) is 8.86. The van der Waals surface area contributed by atoms with Gasteiger partial charge in [0.1, 0.15) is 5.75 Å². The molecule has 0 aliphatic rings. The SMILES string of the molecule is COc1ccccc1-c1nnc(SC(C)C(=O)Nc2ccc(S(N)(=O)=O)cc2)n1C. The number of rotatable bonds is 7. The number of methoxy groups -OCH3 is 1. The fraction of sp³-hybridized carbons (Fsp3) is 0.211. The third-order valence-electron chi connectivity index (χ3n) is 4.28. The van der Waals surface area contributed by atoms with Crippen LogP contribution in [0.5, 0.6) is 5.75 Å². The van der Waals surface area contributed by atoms with Gasteiger partial charge in [-0.1, -0.05) is 23.9 Å². The number of nitrogens with one attached hydrogen (secondary N) is 1. The quantitative estimate of drug-likeness (QED) is 0.531. The van der Waals surface area contributed by atoms with Crippen molar-refractivity contribution in [1.29, 1.82) is 0 Å². The van der Waals surface area contributed by atoms with Gasteiger partial charge in [0.15, 0.2) is 11.0 Å². The zero-order valence-electron chi connectivity index (χ0n) is 16.6. The summed E-state index contributed by atoms with van der Waals surface area (Å²) in [5.74, 6) is 1.05. The third-order valence-corrected chi connectivity index (χ3v) is 6.35. The first-order valence-electron chi connectivity index (χ1n) is 8.84. The maximum Gasteiger partial charge on any atom is 0.238 e. The molecule has 9 nitrogen and oxygen atoms in total.